The molecule has 1 aromatic heterocycles. The summed E-state index contributed by atoms with van der Waals surface area (Å²) in [6.07, 6.45) is 3.42. The summed E-state index contributed by atoms with van der Waals surface area (Å²) in [7, 11) is 0. The summed E-state index contributed by atoms with van der Waals surface area (Å²) in [6, 6.07) is 7.82. The van der Waals surface area contributed by atoms with Crippen LogP contribution in [0.1, 0.15) is 17.2 Å². The Morgan fingerprint density at radius 1 is 1.12 bits per heavy atom. The summed E-state index contributed by atoms with van der Waals surface area (Å²) < 4.78 is 5.65. The third-order valence-electron chi connectivity index (χ3n) is 4.74. The summed E-state index contributed by atoms with van der Waals surface area (Å²) in [4.78, 5) is 25.7. The number of ether oxygens (including phenoxy) is 1. The number of rotatable bonds is 2. The first kappa shape index (κ1) is 14.9. The molecule has 0 aliphatic carbocycles. The van der Waals surface area contributed by atoms with Gasteiger partial charge >= 0.3 is 0 Å². The van der Waals surface area contributed by atoms with Crippen molar-refractivity contribution >= 4 is 11.7 Å². The van der Waals surface area contributed by atoms with E-state index >= 15 is 0 Å². The van der Waals surface area contributed by atoms with E-state index in [1.54, 1.807) is 12.4 Å². The summed E-state index contributed by atoms with van der Waals surface area (Å²) >= 11 is 0. The van der Waals surface area contributed by atoms with E-state index in [0.29, 0.717) is 19.7 Å². The summed E-state index contributed by atoms with van der Waals surface area (Å²) in [6.45, 7) is 5.37. The number of aryl methyl sites for hydroxylation is 1. The molecule has 1 amide bonds. The molecule has 1 fully saturated rings. The lowest BCUT2D eigenvalue weighted by Crippen LogP contribution is -2.50. The smallest absolute Gasteiger partial charge is 0.233 e. The molecule has 0 N–H and O–H groups in total. The van der Waals surface area contributed by atoms with Crippen LogP contribution >= 0.6 is 0 Å². The first-order chi connectivity index (χ1) is 11.7. The molecule has 1 unspecified atom stereocenters. The fourth-order valence-corrected chi connectivity index (χ4v) is 3.44. The van der Waals surface area contributed by atoms with Gasteiger partial charge in [0.2, 0.25) is 5.91 Å². The van der Waals surface area contributed by atoms with Gasteiger partial charge in [-0.25, -0.2) is 4.98 Å². The van der Waals surface area contributed by atoms with Gasteiger partial charge in [-0.15, -0.1) is 0 Å². The van der Waals surface area contributed by atoms with Gasteiger partial charge in [-0.05, 0) is 13.0 Å². The fraction of sp³-hybridized carbons (Fsp3) is 0.389. The molecule has 3 heterocycles. The van der Waals surface area contributed by atoms with Crippen LogP contribution in [-0.4, -0.2) is 53.6 Å². The Labute approximate surface area is 141 Å². The highest BCUT2D eigenvalue weighted by Gasteiger charge is 2.34. The zero-order valence-electron chi connectivity index (χ0n) is 13.7. The lowest BCUT2D eigenvalue weighted by atomic mass is 9.99. The van der Waals surface area contributed by atoms with E-state index in [4.69, 9.17) is 4.74 Å². The maximum atomic E-state index is 12.9. The minimum absolute atomic E-state index is 0.162. The second kappa shape index (κ2) is 6.11. The minimum atomic E-state index is -0.175. The molecule has 6 nitrogen and oxygen atoms in total. The fourth-order valence-electron chi connectivity index (χ4n) is 3.44. The van der Waals surface area contributed by atoms with Crippen molar-refractivity contribution in [2.45, 2.75) is 12.8 Å². The second-order valence-electron chi connectivity index (χ2n) is 6.18. The summed E-state index contributed by atoms with van der Waals surface area (Å²) in [5.41, 5.74) is 1.94. The van der Waals surface area contributed by atoms with E-state index in [-0.39, 0.29) is 11.8 Å². The molecule has 2 aliphatic rings. The molecule has 24 heavy (non-hydrogen) atoms. The molecule has 2 aromatic rings. The van der Waals surface area contributed by atoms with E-state index in [9.17, 15) is 4.79 Å². The quantitative estimate of drug-likeness (QED) is 0.840. The zero-order valence-corrected chi connectivity index (χ0v) is 13.7. The Kier molecular flexibility index (Phi) is 3.80. The van der Waals surface area contributed by atoms with Crippen LogP contribution in [0.15, 0.2) is 36.7 Å². The van der Waals surface area contributed by atoms with Gasteiger partial charge in [-0.3, -0.25) is 9.78 Å². The van der Waals surface area contributed by atoms with Gasteiger partial charge in [0, 0.05) is 44.1 Å². The number of para-hydroxylation sites is 1. The van der Waals surface area contributed by atoms with E-state index in [0.717, 1.165) is 35.9 Å². The minimum Gasteiger partial charge on any atom is -0.492 e. The van der Waals surface area contributed by atoms with E-state index in [2.05, 4.69) is 14.9 Å². The number of fused-ring (bicyclic) bond motifs is 1. The highest BCUT2D eigenvalue weighted by Crippen LogP contribution is 2.34. The van der Waals surface area contributed by atoms with E-state index in [1.165, 1.54) is 0 Å². The highest BCUT2D eigenvalue weighted by molar-refractivity contribution is 5.85. The largest absolute Gasteiger partial charge is 0.492 e. The molecule has 0 saturated carbocycles. The molecule has 6 heteroatoms. The number of hydrogen-bond acceptors (Lipinski definition) is 5. The SMILES string of the molecule is Cc1nccnc1N1CCN(C(=O)C2COc3ccccc32)CC1. The van der Waals surface area contributed by atoms with Crippen molar-refractivity contribution in [1.82, 2.24) is 14.9 Å². The number of benzene rings is 1. The van der Waals surface area contributed by atoms with Crippen LogP contribution in [0.4, 0.5) is 5.82 Å². The molecular weight excluding hydrogens is 304 g/mol. The number of anilines is 1. The molecule has 124 valence electrons. The van der Waals surface area contributed by atoms with Crippen molar-refractivity contribution in [2.75, 3.05) is 37.7 Å². The number of carbonyl (C=O) groups excluding carboxylic acids is 1. The molecular formula is C18H20N4O2. The number of piperazine rings is 1. The first-order valence-corrected chi connectivity index (χ1v) is 8.27. The van der Waals surface area contributed by atoms with Crippen molar-refractivity contribution in [3.05, 3.63) is 47.9 Å². The van der Waals surface area contributed by atoms with Crippen LogP contribution in [-0.2, 0) is 4.79 Å². The third kappa shape index (κ3) is 2.58. The molecule has 0 spiro atoms. The molecule has 1 aromatic carbocycles. The van der Waals surface area contributed by atoms with Crippen molar-refractivity contribution in [3.8, 4) is 5.75 Å². The van der Waals surface area contributed by atoms with E-state index < -0.39 is 0 Å². The highest BCUT2D eigenvalue weighted by atomic mass is 16.5. The predicted molar refractivity (Wildman–Crippen MR) is 90.2 cm³/mol. The van der Waals surface area contributed by atoms with Crippen molar-refractivity contribution in [1.29, 1.82) is 0 Å². The molecule has 4 rings (SSSR count). The Balaban J connectivity index is 1.43. The van der Waals surface area contributed by atoms with Gasteiger partial charge < -0.3 is 14.5 Å². The predicted octanol–water partition coefficient (Wildman–Crippen LogP) is 1.61. The van der Waals surface area contributed by atoms with Crippen LogP contribution in [0.25, 0.3) is 0 Å². The number of nitrogens with zero attached hydrogens (tertiary/aromatic N) is 4. The van der Waals surface area contributed by atoms with Crippen LogP contribution in [0, 0.1) is 6.92 Å². The number of aromatic nitrogens is 2. The topological polar surface area (TPSA) is 58.6 Å². The molecule has 2 aliphatic heterocycles. The van der Waals surface area contributed by atoms with Gasteiger partial charge in [0.1, 0.15) is 24.1 Å². The normalized spacial score (nSPS) is 19.8. The van der Waals surface area contributed by atoms with Crippen LogP contribution in [0.3, 0.4) is 0 Å². The van der Waals surface area contributed by atoms with Gasteiger partial charge in [0.05, 0.1) is 5.69 Å². The van der Waals surface area contributed by atoms with Crippen molar-refractivity contribution in [3.63, 3.8) is 0 Å². The number of hydrogen-bond donors (Lipinski definition) is 0. The third-order valence-corrected chi connectivity index (χ3v) is 4.74. The van der Waals surface area contributed by atoms with Gasteiger partial charge in [-0.2, -0.15) is 0 Å². The number of amides is 1. The maximum Gasteiger partial charge on any atom is 0.233 e. The average Bonchev–Trinajstić information content (AvgIpc) is 3.06. The second-order valence-corrected chi connectivity index (χ2v) is 6.18. The Morgan fingerprint density at radius 2 is 1.88 bits per heavy atom. The molecule has 1 saturated heterocycles. The van der Waals surface area contributed by atoms with Gasteiger partial charge in [0.25, 0.3) is 0 Å². The zero-order chi connectivity index (χ0) is 16.5. The Morgan fingerprint density at radius 3 is 2.67 bits per heavy atom. The first-order valence-electron chi connectivity index (χ1n) is 8.27. The van der Waals surface area contributed by atoms with Crippen molar-refractivity contribution in [2.24, 2.45) is 0 Å². The number of carbonyl (C=O) groups is 1. The standard InChI is InChI=1S/C18H20N4O2/c1-13-17(20-7-6-19-13)21-8-10-22(11-9-21)18(23)15-12-24-16-5-3-2-4-14(15)16/h2-7,15H,8-12H2,1H3. The molecule has 0 bridgehead atoms. The Hall–Kier alpha value is -2.63. The average molecular weight is 324 g/mol. The van der Waals surface area contributed by atoms with Crippen LogP contribution < -0.4 is 9.64 Å². The monoisotopic (exact) mass is 324 g/mol. The maximum absolute atomic E-state index is 12.9. The lowest BCUT2D eigenvalue weighted by molar-refractivity contribution is -0.133. The van der Waals surface area contributed by atoms with Gasteiger partial charge in [0.15, 0.2) is 0 Å². The Bertz CT molecular complexity index is 756. The van der Waals surface area contributed by atoms with Gasteiger partial charge in [-0.1, -0.05) is 18.2 Å². The molecule has 1 atom stereocenters. The summed E-state index contributed by atoms with van der Waals surface area (Å²) in [5, 5.41) is 0. The molecule has 0 radical (unpaired) electrons. The van der Waals surface area contributed by atoms with Crippen LogP contribution in [0.2, 0.25) is 0 Å². The lowest BCUT2D eigenvalue weighted by Gasteiger charge is -2.36. The van der Waals surface area contributed by atoms with Crippen molar-refractivity contribution < 1.29 is 9.53 Å². The summed E-state index contributed by atoms with van der Waals surface area (Å²) in [5.74, 6) is 1.74. The van der Waals surface area contributed by atoms with E-state index in [1.807, 2.05) is 36.1 Å². The van der Waals surface area contributed by atoms with Crippen LogP contribution in [0.5, 0.6) is 5.75 Å².